The lowest BCUT2D eigenvalue weighted by Gasteiger charge is -2.27. The maximum atomic E-state index is 13.3. The van der Waals surface area contributed by atoms with Gasteiger partial charge in [0.05, 0.1) is 5.60 Å². The minimum atomic E-state index is -0.927. The van der Waals surface area contributed by atoms with Gasteiger partial charge in [0.15, 0.2) is 0 Å². The van der Waals surface area contributed by atoms with Gasteiger partial charge < -0.3 is 9.84 Å². The molecule has 0 aromatic heterocycles. The molecule has 1 aromatic carbocycles. The van der Waals surface area contributed by atoms with E-state index in [2.05, 4.69) is 0 Å². The molecule has 88 valence electrons. The van der Waals surface area contributed by atoms with Gasteiger partial charge in [-0.05, 0) is 43.0 Å². The van der Waals surface area contributed by atoms with Crippen molar-refractivity contribution in [2.24, 2.45) is 0 Å². The Labute approximate surface area is 95.1 Å². The van der Waals surface area contributed by atoms with Crippen molar-refractivity contribution in [1.82, 2.24) is 0 Å². The van der Waals surface area contributed by atoms with Crippen molar-refractivity contribution in [2.45, 2.75) is 31.8 Å². The summed E-state index contributed by atoms with van der Waals surface area (Å²) in [5.74, 6) is -0.284. The molecule has 0 bridgehead atoms. The van der Waals surface area contributed by atoms with Crippen molar-refractivity contribution >= 4 is 0 Å². The first kappa shape index (κ1) is 11.6. The first-order valence-corrected chi connectivity index (χ1v) is 5.68. The van der Waals surface area contributed by atoms with E-state index < -0.39 is 5.60 Å². The summed E-state index contributed by atoms with van der Waals surface area (Å²) in [6.07, 6.45) is 1.98. The highest BCUT2D eigenvalue weighted by molar-refractivity contribution is 5.28. The highest BCUT2D eigenvalue weighted by Crippen LogP contribution is 2.33. The summed E-state index contributed by atoms with van der Waals surface area (Å²) in [5, 5.41) is 10.5. The van der Waals surface area contributed by atoms with E-state index in [0.717, 1.165) is 12.0 Å². The molecule has 0 spiro atoms. The first-order chi connectivity index (χ1) is 7.60. The van der Waals surface area contributed by atoms with Gasteiger partial charge in [0, 0.05) is 19.6 Å². The number of rotatable bonds is 1. The van der Waals surface area contributed by atoms with E-state index in [1.807, 2.05) is 13.0 Å². The highest BCUT2D eigenvalue weighted by Gasteiger charge is 2.30. The van der Waals surface area contributed by atoms with Crippen LogP contribution in [-0.4, -0.2) is 18.3 Å². The van der Waals surface area contributed by atoms with E-state index in [9.17, 15) is 9.50 Å². The molecular formula is C13H17FO2. The van der Waals surface area contributed by atoms with E-state index in [4.69, 9.17) is 4.74 Å². The molecule has 1 saturated heterocycles. The minimum absolute atomic E-state index is 0.284. The van der Waals surface area contributed by atoms with Crippen LogP contribution < -0.4 is 0 Å². The van der Waals surface area contributed by atoms with Gasteiger partial charge in [-0.25, -0.2) is 4.39 Å². The second-order valence-corrected chi connectivity index (χ2v) is 4.51. The van der Waals surface area contributed by atoms with Gasteiger partial charge in [0.2, 0.25) is 0 Å². The van der Waals surface area contributed by atoms with Gasteiger partial charge in [0.1, 0.15) is 5.82 Å². The number of hydrogen-bond donors (Lipinski definition) is 1. The Balaban J connectivity index is 2.32. The summed E-state index contributed by atoms with van der Waals surface area (Å²) < 4.78 is 18.6. The Morgan fingerprint density at radius 1 is 1.25 bits per heavy atom. The Kier molecular flexibility index (Phi) is 3.26. The fourth-order valence-electron chi connectivity index (χ4n) is 2.23. The lowest BCUT2D eigenvalue weighted by atomic mass is 9.86. The maximum absolute atomic E-state index is 13.3. The number of hydrogen-bond acceptors (Lipinski definition) is 2. The van der Waals surface area contributed by atoms with Crippen LogP contribution in [-0.2, 0) is 10.3 Å². The molecular weight excluding hydrogens is 207 g/mol. The zero-order valence-electron chi connectivity index (χ0n) is 9.50. The van der Waals surface area contributed by atoms with Crippen LogP contribution in [0.15, 0.2) is 18.2 Å². The number of aliphatic hydroxyl groups is 1. The molecule has 2 nitrogen and oxygen atoms in total. The summed E-state index contributed by atoms with van der Waals surface area (Å²) in [5.41, 5.74) is 0.590. The van der Waals surface area contributed by atoms with Crippen molar-refractivity contribution in [2.75, 3.05) is 13.2 Å². The molecule has 3 heteroatoms. The predicted octanol–water partition coefficient (Wildman–Crippen LogP) is 2.52. The van der Waals surface area contributed by atoms with Crippen LogP contribution >= 0.6 is 0 Å². The summed E-state index contributed by atoms with van der Waals surface area (Å²) in [4.78, 5) is 0. The van der Waals surface area contributed by atoms with Gasteiger partial charge in [-0.15, -0.1) is 0 Å². The molecule has 1 aliphatic heterocycles. The van der Waals surface area contributed by atoms with E-state index in [1.165, 1.54) is 12.1 Å². The van der Waals surface area contributed by atoms with Crippen LogP contribution in [0, 0.1) is 12.7 Å². The molecule has 1 unspecified atom stereocenters. The molecule has 16 heavy (non-hydrogen) atoms. The second-order valence-electron chi connectivity index (χ2n) is 4.51. The molecule has 0 aliphatic carbocycles. The molecule has 1 fully saturated rings. The van der Waals surface area contributed by atoms with Crippen LogP contribution in [0.3, 0.4) is 0 Å². The van der Waals surface area contributed by atoms with Crippen molar-refractivity contribution in [1.29, 1.82) is 0 Å². The molecule has 0 saturated carbocycles. The Hall–Kier alpha value is -0.930. The third kappa shape index (κ3) is 2.42. The zero-order valence-corrected chi connectivity index (χ0v) is 9.50. The summed E-state index contributed by atoms with van der Waals surface area (Å²) >= 11 is 0. The fourth-order valence-corrected chi connectivity index (χ4v) is 2.23. The Bertz CT molecular complexity index is 348. The number of aryl methyl sites for hydroxylation is 1. The van der Waals surface area contributed by atoms with Crippen molar-refractivity contribution in [3.05, 3.63) is 35.1 Å². The third-order valence-corrected chi connectivity index (χ3v) is 3.12. The Morgan fingerprint density at radius 3 is 2.81 bits per heavy atom. The maximum Gasteiger partial charge on any atom is 0.123 e. The van der Waals surface area contributed by atoms with Crippen molar-refractivity contribution in [3.63, 3.8) is 0 Å². The monoisotopic (exact) mass is 224 g/mol. The van der Waals surface area contributed by atoms with Gasteiger partial charge in [-0.2, -0.15) is 0 Å². The van der Waals surface area contributed by atoms with E-state index in [1.54, 1.807) is 0 Å². The molecule has 0 radical (unpaired) electrons. The Morgan fingerprint density at radius 2 is 2.06 bits per heavy atom. The quantitative estimate of drug-likeness (QED) is 0.794. The minimum Gasteiger partial charge on any atom is -0.385 e. The second kappa shape index (κ2) is 4.52. The average Bonchev–Trinajstić information content (AvgIpc) is 2.43. The van der Waals surface area contributed by atoms with Crippen LogP contribution in [0.2, 0.25) is 0 Å². The van der Waals surface area contributed by atoms with Gasteiger partial charge in [-0.3, -0.25) is 0 Å². The normalized spacial score (nSPS) is 26.4. The average molecular weight is 224 g/mol. The summed E-state index contributed by atoms with van der Waals surface area (Å²) in [7, 11) is 0. The van der Waals surface area contributed by atoms with E-state index in [-0.39, 0.29) is 5.82 Å². The largest absolute Gasteiger partial charge is 0.385 e. The van der Waals surface area contributed by atoms with Gasteiger partial charge in [-0.1, -0.05) is 6.07 Å². The first-order valence-electron chi connectivity index (χ1n) is 5.68. The van der Waals surface area contributed by atoms with Gasteiger partial charge >= 0.3 is 0 Å². The summed E-state index contributed by atoms with van der Waals surface area (Å²) in [6.45, 7) is 3.05. The smallest absolute Gasteiger partial charge is 0.123 e. The van der Waals surface area contributed by atoms with E-state index >= 15 is 0 Å². The molecule has 2 rings (SSSR count). The zero-order chi connectivity index (χ0) is 11.6. The molecule has 1 aromatic rings. The molecule has 1 N–H and O–H groups in total. The third-order valence-electron chi connectivity index (χ3n) is 3.12. The fraction of sp³-hybridized carbons (Fsp3) is 0.538. The molecule has 1 heterocycles. The van der Waals surface area contributed by atoms with Crippen molar-refractivity contribution in [3.8, 4) is 0 Å². The van der Waals surface area contributed by atoms with Crippen molar-refractivity contribution < 1.29 is 14.2 Å². The molecule has 1 aliphatic rings. The molecule has 0 amide bonds. The standard InChI is InChI=1S/C13H17FO2/c1-10-7-11(9-12(14)8-10)13(15)3-2-5-16-6-4-13/h7-9,15H,2-6H2,1H3. The van der Waals surface area contributed by atoms with Crippen LogP contribution in [0.1, 0.15) is 30.4 Å². The highest BCUT2D eigenvalue weighted by atomic mass is 19.1. The summed E-state index contributed by atoms with van der Waals surface area (Å²) in [6, 6.07) is 4.76. The lowest BCUT2D eigenvalue weighted by Crippen LogP contribution is -2.26. The predicted molar refractivity (Wildman–Crippen MR) is 59.7 cm³/mol. The van der Waals surface area contributed by atoms with Gasteiger partial charge in [0.25, 0.3) is 0 Å². The number of benzene rings is 1. The topological polar surface area (TPSA) is 29.5 Å². The van der Waals surface area contributed by atoms with Crippen LogP contribution in [0.4, 0.5) is 4.39 Å². The number of ether oxygens (including phenoxy) is 1. The molecule has 1 atom stereocenters. The van der Waals surface area contributed by atoms with Crippen LogP contribution in [0.25, 0.3) is 0 Å². The van der Waals surface area contributed by atoms with E-state index in [0.29, 0.717) is 31.6 Å². The van der Waals surface area contributed by atoms with Crippen LogP contribution in [0.5, 0.6) is 0 Å². The number of halogens is 1. The lowest BCUT2D eigenvalue weighted by molar-refractivity contribution is 0.0141. The SMILES string of the molecule is Cc1cc(F)cc(C2(O)CCCOCC2)c1.